The average Bonchev–Trinajstić information content (AvgIpc) is 3.31. The third-order valence-corrected chi connectivity index (χ3v) is 6.67. The van der Waals surface area contributed by atoms with Crippen LogP contribution in [0, 0.1) is 5.92 Å². The normalized spacial score (nSPS) is 11.3. The largest absolute Gasteiger partial charge is 0.492 e. The molecule has 0 saturated carbocycles. The highest BCUT2D eigenvalue weighted by Crippen LogP contribution is 2.26. The summed E-state index contributed by atoms with van der Waals surface area (Å²) < 4.78 is 38.8. The summed E-state index contributed by atoms with van der Waals surface area (Å²) in [7, 11) is -3.71. The van der Waals surface area contributed by atoms with Crippen LogP contribution in [0.1, 0.15) is 30.0 Å². The van der Waals surface area contributed by atoms with Crippen molar-refractivity contribution in [3.63, 3.8) is 0 Å². The predicted molar refractivity (Wildman–Crippen MR) is 137 cm³/mol. The number of anilines is 1. The molecule has 0 fully saturated rings. The molecular weight excluding hydrogens is 542 g/mol. The fourth-order valence-corrected chi connectivity index (χ4v) is 4.43. The second kappa shape index (κ2) is 11.6. The monoisotopic (exact) mass is 565 g/mol. The van der Waals surface area contributed by atoms with E-state index in [2.05, 4.69) is 45.1 Å². The van der Waals surface area contributed by atoms with Crippen LogP contribution >= 0.6 is 28.1 Å². The van der Waals surface area contributed by atoms with Crippen LogP contribution in [-0.2, 0) is 16.6 Å². The lowest BCUT2D eigenvalue weighted by molar-refractivity contribution is 0.0977. The number of benzene rings is 2. The molecule has 0 atom stereocenters. The Morgan fingerprint density at radius 2 is 1.88 bits per heavy atom. The molecule has 2 aromatic carbocycles. The second-order valence-electron chi connectivity index (χ2n) is 7.69. The van der Waals surface area contributed by atoms with E-state index in [1.807, 2.05) is 0 Å². The Morgan fingerprint density at radius 1 is 1.15 bits per heavy atom. The molecule has 3 aromatic rings. The van der Waals surface area contributed by atoms with Gasteiger partial charge in [-0.1, -0.05) is 13.8 Å². The van der Waals surface area contributed by atoms with E-state index >= 15 is 0 Å². The van der Waals surface area contributed by atoms with Gasteiger partial charge in [-0.25, -0.2) is 13.1 Å². The molecule has 3 rings (SSSR count). The van der Waals surface area contributed by atoms with Crippen molar-refractivity contribution in [2.45, 2.75) is 25.3 Å². The van der Waals surface area contributed by atoms with Crippen LogP contribution in [0.15, 0.2) is 74.6 Å². The Bertz CT molecular complexity index is 1240. The standard InChI is InChI=1S/C23H24BrN3O5S2/c1-15(2)14-32-21-10-5-16(12-20(21)24)22(28)27-23(33)26-17-6-8-19(9-7-17)34(29,30)25-13-18-4-3-11-31-18/h3-12,15,25H,13-14H2,1-2H3,(H2,26,27,28,33). The Morgan fingerprint density at radius 3 is 2.50 bits per heavy atom. The SMILES string of the molecule is CC(C)COc1ccc(C(=O)NC(=S)Nc2ccc(S(=O)(=O)NCc3ccco3)cc2)cc1Br. The van der Waals surface area contributed by atoms with E-state index in [-0.39, 0.29) is 16.6 Å². The fraction of sp³-hybridized carbons (Fsp3) is 0.217. The quantitative estimate of drug-likeness (QED) is 0.323. The van der Waals surface area contributed by atoms with Crippen molar-refractivity contribution in [2.75, 3.05) is 11.9 Å². The number of furan rings is 1. The number of nitrogens with one attached hydrogen (secondary N) is 3. The molecule has 1 aromatic heterocycles. The van der Waals surface area contributed by atoms with Gasteiger partial charge in [0.1, 0.15) is 11.5 Å². The summed E-state index contributed by atoms with van der Waals surface area (Å²) >= 11 is 8.63. The molecule has 34 heavy (non-hydrogen) atoms. The number of amides is 1. The molecule has 8 nitrogen and oxygen atoms in total. The average molecular weight is 566 g/mol. The van der Waals surface area contributed by atoms with E-state index in [0.717, 1.165) is 0 Å². The maximum atomic E-state index is 12.5. The van der Waals surface area contributed by atoms with Crippen LogP contribution in [-0.4, -0.2) is 26.0 Å². The number of hydrogen-bond donors (Lipinski definition) is 3. The number of halogens is 1. The Labute approximate surface area is 212 Å². The molecule has 0 bridgehead atoms. The highest BCUT2D eigenvalue weighted by Gasteiger charge is 2.15. The summed E-state index contributed by atoms with van der Waals surface area (Å²) in [6, 6.07) is 14.4. The third-order valence-electron chi connectivity index (χ3n) is 4.43. The van der Waals surface area contributed by atoms with E-state index < -0.39 is 15.9 Å². The molecule has 0 aliphatic heterocycles. The molecular formula is C23H24BrN3O5S2. The lowest BCUT2D eigenvalue weighted by atomic mass is 10.2. The van der Waals surface area contributed by atoms with Gasteiger partial charge >= 0.3 is 0 Å². The topological polar surface area (TPSA) is 110 Å². The van der Waals surface area contributed by atoms with Gasteiger partial charge in [0.15, 0.2) is 5.11 Å². The summed E-state index contributed by atoms with van der Waals surface area (Å²) in [5.74, 6) is 1.15. The van der Waals surface area contributed by atoms with E-state index in [4.69, 9.17) is 21.4 Å². The number of rotatable bonds is 9. The zero-order valence-corrected chi connectivity index (χ0v) is 21.7. The van der Waals surface area contributed by atoms with Crippen LogP contribution in [0.3, 0.4) is 0 Å². The number of sulfonamides is 1. The third kappa shape index (κ3) is 7.39. The lowest BCUT2D eigenvalue weighted by Gasteiger charge is -2.13. The smallest absolute Gasteiger partial charge is 0.257 e. The number of carbonyl (C=O) groups excluding carboxylic acids is 1. The molecule has 3 N–H and O–H groups in total. The van der Waals surface area contributed by atoms with Crippen molar-refractivity contribution < 1.29 is 22.4 Å². The summed E-state index contributed by atoms with van der Waals surface area (Å²) in [6.45, 7) is 4.72. The summed E-state index contributed by atoms with van der Waals surface area (Å²) in [5.41, 5.74) is 0.922. The van der Waals surface area contributed by atoms with Crippen molar-refractivity contribution in [1.29, 1.82) is 0 Å². The molecule has 180 valence electrons. The van der Waals surface area contributed by atoms with Crippen LogP contribution in [0.2, 0.25) is 0 Å². The maximum Gasteiger partial charge on any atom is 0.257 e. The van der Waals surface area contributed by atoms with Crippen LogP contribution < -0.4 is 20.1 Å². The highest BCUT2D eigenvalue weighted by atomic mass is 79.9. The number of hydrogen-bond acceptors (Lipinski definition) is 6. The van der Waals surface area contributed by atoms with Gasteiger partial charge in [-0.3, -0.25) is 10.1 Å². The molecule has 11 heteroatoms. The van der Waals surface area contributed by atoms with Crippen molar-refractivity contribution in [3.05, 3.63) is 76.7 Å². The summed E-state index contributed by atoms with van der Waals surface area (Å²) in [4.78, 5) is 12.6. The van der Waals surface area contributed by atoms with Crippen LogP contribution in [0.25, 0.3) is 0 Å². The first-order valence-electron chi connectivity index (χ1n) is 10.3. The van der Waals surface area contributed by atoms with E-state index in [9.17, 15) is 13.2 Å². The van der Waals surface area contributed by atoms with Gasteiger partial charge in [-0.2, -0.15) is 0 Å². The van der Waals surface area contributed by atoms with Crippen molar-refractivity contribution in [3.8, 4) is 5.75 Å². The molecule has 0 unspecified atom stereocenters. The van der Waals surface area contributed by atoms with E-state index in [0.29, 0.717) is 39.8 Å². The first kappa shape index (κ1) is 25.9. The number of carbonyl (C=O) groups is 1. The highest BCUT2D eigenvalue weighted by molar-refractivity contribution is 9.10. The summed E-state index contributed by atoms with van der Waals surface area (Å²) in [5, 5.41) is 5.55. The van der Waals surface area contributed by atoms with Crippen LogP contribution in [0.5, 0.6) is 5.75 Å². The van der Waals surface area contributed by atoms with Crippen molar-refractivity contribution in [1.82, 2.24) is 10.0 Å². The van der Waals surface area contributed by atoms with E-state index in [1.165, 1.54) is 18.4 Å². The molecule has 1 amide bonds. The minimum Gasteiger partial charge on any atom is -0.492 e. The zero-order chi connectivity index (χ0) is 24.7. The van der Waals surface area contributed by atoms with Gasteiger partial charge in [0.2, 0.25) is 10.0 Å². The zero-order valence-electron chi connectivity index (χ0n) is 18.5. The van der Waals surface area contributed by atoms with Crippen molar-refractivity contribution in [2.24, 2.45) is 5.92 Å². The maximum absolute atomic E-state index is 12.5. The lowest BCUT2D eigenvalue weighted by Crippen LogP contribution is -2.34. The van der Waals surface area contributed by atoms with Gasteiger partial charge in [0.25, 0.3) is 5.91 Å². The number of ether oxygens (including phenoxy) is 1. The Hall–Kier alpha value is -2.73. The Balaban J connectivity index is 1.55. The number of thiocarbonyl (C=S) groups is 1. The first-order chi connectivity index (χ1) is 16.1. The minimum absolute atomic E-state index is 0.0480. The molecule has 0 radical (unpaired) electrons. The van der Waals surface area contributed by atoms with Gasteiger partial charge in [-0.05, 0) is 88.7 Å². The predicted octanol–water partition coefficient (Wildman–Crippen LogP) is 4.68. The second-order valence-corrected chi connectivity index (χ2v) is 10.7. The molecule has 0 saturated heterocycles. The Kier molecular flexibility index (Phi) is 8.84. The van der Waals surface area contributed by atoms with Gasteiger partial charge < -0.3 is 14.5 Å². The first-order valence-corrected chi connectivity index (χ1v) is 13.0. The van der Waals surface area contributed by atoms with Gasteiger partial charge in [-0.15, -0.1) is 0 Å². The van der Waals surface area contributed by atoms with Gasteiger partial charge in [0, 0.05) is 11.3 Å². The molecule has 1 heterocycles. The summed E-state index contributed by atoms with van der Waals surface area (Å²) in [6.07, 6.45) is 1.47. The fourth-order valence-electron chi connectivity index (χ4n) is 2.73. The minimum atomic E-state index is -3.71. The van der Waals surface area contributed by atoms with Crippen LogP contribution in [0.4, 0.5) is 5.69 Å². The molecule has 0 spiro atoms. The molecule has 0 aliphatic carbocycles. The van der Waals surface area contributed by atoms with Crippen molar-refractivity contribution >= 4 is 54.9 Å². The molecule has 0 aliphatic rings. The van der Waals surface area contributed by atoms with E-state index in [1.54, 1.807) is 42.5 Å². The van der Waals surface area contributed by atoms with Gasteiger partial charge in [0.05, 0.1) is 28.8 Å².